The van der Waals surface area contributed by atoms with Crippen LogP contribution in [0.3, 0.4) is 0 Å². The SMILES string of the molecule is Cc1c(NC(=O)c2cc3c(s2)CCCCC3)cccc1-c1cc(Nc2ccc(CN3CCOCC3)nn2)c(=O)n(C)c1. The molecule has 4 heterocycles. The first-order chi connectivity index (χ1) is 20.4. The zero-order valence-electron chi connectivity index (χ0n) is 24.1. The maximum Gasteiger partial charge on any atom is 0.274 e. The van der Waals surface area contributed by atoms with Crippen LogP contribution in [0, 0.1) is 6.92 Å². The summed E-state index contributed by atoms with van der Waals surface area (Å²) in [6.07, 6.45) is 7.57. The smallest absolute Gasteiger partial charge is 0.274 e. The highest BCUT2D eigenvalue weighted by Gasteiger charge is 2.18. The van der Waals surface area contributed by atoms with E-state index in [0.717, 1.165) is 78.6 Å². The van der Waals surface area contributed by atoms with Crippen molar-refractivity contribution in [3.05, 3.63) is 85.6 Å². The van der Waals surface area contributed by atoms with Gasteiger partial charge in [0.1, 0.15) is 5.69 Å². The molecule has 1 fully saturated rings. The first-order valence-electron chi connectivity index (χ1n) is 14.6. The number of anilines is 3. The minimum absolute atomic E-state index is 0.0771. The number of aryl methyl sites for hydroxylation is 3. The Kier molecular flexibility index (Phi) is 8.46. The van der Waals surface area contributed by atoms with E-state index in [1.54, 1.807) is 23.0 Å². The number of nitrogens with zero attached hydrogens (tertiary/aromatic N) is 4. The average Bonchev–Trinajstić information content (AvgIpc) is 3.28. The average molecular weight is 585 g/mol. The highest BCUT2D eigenvalue weighted by Crippen LogP contribution is 2.32. The Bertz CT molecular complexity index is 1620. The molecule has 2 N–H and O–H groups in total. The topological polar surface area (TPSA) is 101 Å². The molecule has 1 saturated heterocycles. The number of ether oxygens (including phenoxy) is 1. The molecule has 6 rings (SSSR count). The predicted octanol–water partition coefficient (Wildman–Crippen LogP) is 5.31. The maximum atomic E-state index is 13.2. The van der Waals surface area contributed by atoms with Crippen molar-refractivity contribution in [2.45, 2.75) is 45.6 Å². The lowest BCUT2D eigenvalue weighted by Crippen LogP contribution is -2.35. The summed E-state index contributed by atoms with van der Waals surface area (Å²) in [5, 5.41) is 15.0. The van der Waals surface area contributed by atoms with Gasteiger partial charge in [-0.15, -0.1) is 16.4 Å². The van der Waals surface area contributed by atoms with Crippen LogP contribution in [0.4, 0.5) is 17.2 Å². The molecule has 10 heteroatoms. The van der Waals surface area contributed by atoms with E-state index in [1.807, 2.05) is 49.5 Å². The summed E-state index contributed by atoms with van der Waals surface area (Å²) >= 11 is 1.62. The van der Waals surface area contributed by atoms with E-state index in [-0.39, 0.29) is 11.5 Å². The number of rotatable bonds is 7. The van der Waals surface area contributed by atoms with Gasteiger partial charge in [-0.3, -0.25) is 14.5 Å². The summed E-state index contributed by atoms with van der Waals surface area (Å²) in [6.45, 7) is 5.94. The molecule has 2 aliphatic rings. The maximum absolute atomic E-state index is 13.2. The molecule has 0 spiro atoms. The molecule has 0 saturated carbocycles. The standard InChI is InChI=1S/C32H36N6O3S/c1-21-25(8-6-9-26(21)34-31(39)29-18-22-7-4-3-5-10-28(22)42-29)23-17-27(32(40)37(2)19-23)33-30-12-11-24(35-36-30)20-38-13-15-41-16-14-38/h6,8-9,11-12,17-19H,3-5,7,10,13-16,20H2,1-2H3,(H,33,36)(H,34,39). The minimum Gasteiger partial charge on any atom is -0.379 e. The summed E-state index contributed by atoms with van der Waals surface area (Å²) in [4.78, 5) is 30.7. The van der Waals surface area contributed by atoms with Gasteiger partial charge in [0.05, 0.1) is 23.8 Å². The predicted molar refractivity (Wildman–Crippen MR) is 167 cm³/mol. The number of thiophene rings is 1. The van der Waals surface area contributed by atoms with Crippen molar-refractivity contribution in [2.24, 2.45) is 7.05 Å². The molecular weight excluding hydrogens is 548 g/mol. The van der Waals surface area contributed by atoms with Crippen LogP contribution in [0.15, 0.2) is 53.5 Å². The number of morpholine rings is 1. The van der Waals surface area contributed by atoms with Gasteiger partial charge in [0, 0.05) is 49.0 Å². The van der Waals surface area contributed by atoms with Gasteiger partial charge in [0.25, 0.3) is 11.5 Å². The Morgan fingerprint density at radius 3 is 2.67 bits per heavy atom. The van der Waals surface area contributed by atoms with Gasteiger partial charge in [0.15, 0.2) is 5.82 Å². The molecular formula is C32H36N6O3S. The van der Waals surface area contributed by atoms with Gasteiger partial charge in [-0.2, -0.15) is 5.10 Å². The summed E-state index contributed by atoms with van der Waals surface area (Å²) in [5.74, 6) is 0.425. The fourth-order valence-electron chi connectivity index (χ4n) is 5.63. The van der Waals surface area contributed by atoms with Crippen molar-refractivity contribution in [1.82, 2.24) is 19.7 Å². The Hall–Kier alpha value is -3.86. The van der Waals surface area contributed by atoms with E-state index in [2.05, 4.69) is 31.8 Å². The molecule has 218 valence electrons. The van der Waals surface area contributed by atoms with Gasteiger partial charge in [-0.05, 0) is 79.6 Å². The van der Waals surface area contributed by atoms with Gasteiger partial charge < -0.3 is 19.9 Å². The first kappa shape index (κ1) is 28.3. The lowest BCUT2D eigenvalue weighted by Gasteiger charge is -2.25. The van der Waals surface area contributed by atoms with Crippen LogP contribution in [0.1, 0.15) is 50.6 Å². The molecule has 4 aromatic rings. The highest BCUT2D eigenvalue weighted by atomic mass is 32.1. The number of fused-ring (bicyclic) bond motifs is 1. The van der Waals surface area contributed by atoms with Crippen molar-refractivity contribution >= 4 is 34.4 Å². The molecule has 0 radical (unpaired) electrons. The monoisotopic (exact) mass is 584 g/mol. The number of carbonyl (C=O) groups is 1. The second kappa shape index (κ2) is 12.6. The Labute approximate surface area is 249 Å². The van der Waals surface area contributed by atoms with Crippen molar-refractivity contribution in [3.63, 3.8) is 0 Å². The molecule has 0 bridgehead atoms. The fraction of sp³-hybridized carbons (Fsp3) is 0.375. The highest BCUT2D eigenvalue weighted by molar-refractivity contribution is 7.14. The van der Waals surface area contributed by atoms with Crippen LogP contribution in [0.2, 0.25) is 0 Å². The summed E-state index contributed by atoms with van der Waals surface area (Å²) in [6, 6.07) is 13.5. The van der Waals surface area contributed by atoms with Crippen LogP contribution in [0.5, 0.6) is 0 Å². The third-order valence-electron chi connectivity index (χ3n) is 8.02. The van der Waals surface area contributed by atoms with Crippen LogP contribution < -0.4 is 16.2 Å². The van der Waals surface area contributed by atoms with Crippen LogP contribution in [0.25, 0.3) is 11.1 Å². The second-order valence-electron chi connectivity index (χ2n) is 11.0. The zero-order chi connectivity index (χ0) is 29.1. The largest absolute Gasteiger partial charge is 0.379 e. The number of hydrogen-bond donors (Lipinski definition) is 2. The van der Waals surface area contributed by atoms with Crippen LogP contribution >= 0.6 is 11.3 Å². The van der Waals surface area contributed by atoms with E-state index in [4.69, 9.17) is 4.74 Å². The number of benzene rings is 1. The van der Waals surface area contributed by atoms with Gasteiger partial charge in [-0.25, -0.2) is 0 Å². The number of amides is 1. The molecule has 1 aliphatic heterocycles. The Balaban J connectivity index is 1.20. The second-order valence-corrected chi connectivity index (χ2v) is 12.2. The lowest BCUT2D eigenvalue weighted by atomic mass is 10.00. The minimum atomic E-state index is -0.169. The van der Waals surface area contributed by atoms with Crippen LogP contribution in [-0.2, 0) is 31.2 Å². The molecule has 0 unspecified atom stereocenters. The van der Waals surface area contributed by atoms with Gasteiger partial charge in [0.2, 0.25) is 0 Å². The Morgan fingerprint density at radius 1 is 1.02 bits per heavy atom. The molecule has 1 aliphatic carbocycles. The van der Waals surface area contributed by atoms with Gasteiger partial charge in [-0.1, -0.05) is 18.6 Å². The van der Waals surface area contributed by atoms with Crippen LogP contribution in [-0.4, -0.2) is 51.9 Å². The van der Waals surface area contributed by atoms with Gasteiger partial charge >= 0.3 is 0 Å². The molecule has 1 amide bonds. The zero-order valence-corrected chi connectivity index (χ0v) is 24.9. The summed E-state index contributed by atoms with van der Waals surface area (Å²) in [7, 11) is 1.73. The summed E-state index contributed by atoms with van der Waals surface area (Å²) in [5.41, 5.74) is 5.91. The van der Waals surface area contributed by atoms with Crippen molar-refractivity contribution in [2.75, 3.05) is 36.9 Å². The molecule has 42 heavy (non-hydrogen) atoms. The van der Waals surface area contributed by atoms with E-state index >= 15 is 0 Å². The number of carbonyl (C=O) groups excluding carboxylic acids is 1. The number of nitrogens with one attached hydrogen (secondary N) is 2. The normalized spacial score (nSPS) is 15.6. The van der Waals surface area contributed by atoms with Crippen molar-refractivity contribution in [3.8, 4) is 11.1 Å². The number of pyridine rings is 1. The van der Waals surface area contributed by atoms with E-state index in [1.165, 1.54) is 29.7 Å². The van der Waals surface area contributed by atoms with Crippen molar-refractivity contribution in [1.29, 1.82) is 0 Å². The number of aromatic nitrogens is 3. The third-order valence-corrected chi connectivity index (χ3v) is 9.25. The quantitative estimate of drug-likeness (QED) is 0.284. The lowest BCUT2D eigenvalue weighted by molar-refractivity contribution is 0.0335. The van der Waals surface area contributed by atoms with Crippen molar-refractivity contribution < 1.29 is 9.53 Å². The molecule has 3 aromatic heterocycles. The first-order valence-corrected chi connectivity index (χ1v) is 15.4. The van der Waals surface area contributed by atoms with E-state index < -0.39 is 0 Å². The fourth-order valence-corrected chi connectivity index (χ4v) is 6.78. The van der Waals surface area contributed by atoms with E-state index in [0.29, 0.717) is 11.5 Å². The van der Waals surface area contributed by atoms with E-state index in [9.17, 15) is 9.59 Å². The molecule has 1 aromatic carbocycles. The third kappa shape index (κ3) is 6.30. The Morgan fingerprint density at radius 2 is 1.86 bits per heavy atom. The number of hydrogen-bond acceptors (Lipinski definition) is 8. The molecule has 0 atom stereocenters. The molecule has 9 nitrogen and oxygen atoms in total. The summed E-state index contributed by atoms with van der Waals surface area (Å²) < 4.78 is 6.97.